The van der Waals surface area contributed by atoms with Gasteiger partial charge in [-0.25, -0.2) is 0 Å². The van der Waals surface area contributed by atoms with Crippen LogP contribution in [0.2, 0.25) is 0 Å². The van der Waals surface area contributed by atoms with Crippen molar-refractivity contribution in [2.24, 2.45) is 5.73 Å². The number of hydrogen-bond donors (Lipinski definition) is 1. The fourth-order valence-corrected chi connectivity index (χ4v) is 2.61. The van der Waals surface area contributed by atoms with Crippen molar-refractivity contribution >= 4 is 11.3 Å². The highest BCUT2D eigenvalue weighted by molar-refractivity contribution is 7.12. The zero-order valence-corrected chi connectivity index (χ0v) is 10.2. The lowest BCUT2D eigenvalue weighted by Crippen LogP contribution is -2.11. The summed E-state index contributed by atoms with van der Waals surface area (Å²) in [5.74, 6) is 0. The Morgan fingerprint density at radius 2 is 2.25 bits per heavy atom. The monoisotopic (exact) mass is 232 g/mol. The minimum absolute atomic E-state index is 0.0921. The summed E-state index contributed by atoms with van der Waals surface area (Å²) >= 11 is 1.81. The third-order valence-electron chi connectivity index (χ3n) is 2.57. The summed E-state index contributed by atoms with van der Waals surface area (Å²) < 4.78 is 0. The molecule has 2 nitrogen and oxygen atoms in total. The second kappa shape index (κ2) is 5.23. The van der Waals surface area contributed by atoms with Crippen molar-refractivity contribution in [3.63, 3.8) is 0 Å². The largest absolute Gasteiger partial charge is 0.323 e. The first-order chi connectivity index (χ1) is 7.79. The zero-order valence-electron chi connectivity index (χ0n) is 9.39. The van der Waals surface area contributed by atoms with Crippen molar-refractivity contribution in [2.75, 3.05) is 0 Å². The lowest BCUT2D eigenvalue weighted by molar-refractivity contribution is 0.734. The Kier molecular flexibility index (Phi) is 3.70. The molecule has 16 heavy (non-hydrogen) atoms. The molecule has 2 aromatic heterocycles. The van der Waals surface area contributed by atoms with E-state index in [0.717, 1.165) is 12.8 Å². The van der Waals surface area contributed by atoms with E-state index in [1.807, 2.05) is 23.6 Å². The van der Waals surface area contributed by atoms with Gasteiger partial charge in [-0.1, -0.05) is 13.0 Å². The zero-order chi connectivity index (χ0) is 11.4. The van der Waals surface area contributed by atoms with Gasteiger partial charge in [-0.2, -0.15) is 0 Å². The first-order valence-corrected chi connectivity index (χ1v) is 6.34. The fraction of sp³-hybridized carbons (Fsp3) is 0.308. The summed E-state index contributed by atoms with van der Waals surface area (Å²) in [7, 11) is 0. The molecule has 0 aliphatic heterocycles. The van der Waals surface area contributed by atoms with Gasteiger partial charge >= 0.3 is 0 Å². The molecule has 2 aromatic rings. The average Bonchev–Trinajstić information content (AvgIpc) is 2.79. The normalized spacial score (nSPS) is 12.6. The minimum atomic E-state index is 0.0921. The molecular formula is C13H16N2S. The SMILES string of the molecule is CCc1ccc(C(N)Cc2cccnc2)s1. The van der Waals surface area contributed by atoms with Gasteiger partial charge in [0, 0.05) is 28.2 Å². The first kappa shape index (κ1) is 11.3. The van der Waals surface area contributed by atoms with Crippen LogP contribution >= 0.6 is 11.3 Å². The van der Waals surface area contributed by atoms with Gasteiger partial charge in [-0.3, -0.25) is 4.98 Å². The van der Waals surface area contributed by atoms with Crippen LogP contribution < -0.4 is 5.73 Å². The Labute approximate surface area is 100 Å². The molecule has 2 N–H and O–H groups in total. The third kappa shape index (κ3) is 2.68. The maximum Gasteiger partial charge on any atom is 0.0431 e. The number of hydrogen-bond acceptors (Lipinski definition) is 3. The van der Waals surface area contributed by atoms with E-state index >= 15 is 0 Å². The predicted molar refractivity (Wildman–Crippen MR) is 68.6 cm³/mol. The van der Waals surface area contributed by atoms with Gasteiger partial charge in [0.1, 0.15) is 0 Å². The number of aryl methyl sites for hydroxylation is 1. The molecule has 0 aliphatic carbocycles. The van der Waals surface area contributed by atoms with E-state index in [2.05, 4.69) is 30.1 Å². The highest BCUT2D eigenvalue weighted by atomic mass is 32.1. The Morgan fingerprint density at radius 1 is 1.38 bits per heavy atom. The Morgan fingerprint density at radius 3 is 2.88 bits per heavy atom. The first-order valence-electron chi connectivity index (χ1n) is 5.52. The molecular weight excluding hydrogens is 216 g/mol. The number of aromatic nitrogens is 1. The summed E-state index contributed by atoms with van der Waals surface area (Å²) in [4.78, 5) is 6.76. The summed E-state index contributed by atoms with van der Waals surface area (Å²) in [6, 6.07) is 8.43. The van der Waals surface area contributed by atoms with Crippen molar-refractivity contribution in [3.8, 4) is 0 Å². The van der Waals surface area contributed by atoms with Crippen molar-refractivity contribution in [3.05, 3.63) is 52.0 Å². The molecule has 1 unspecified atom stereocenters. The number of rotatable bonds is 4. The average molecular weight is 232 g/mol. The second-order valence-corrected chi connectivity index (χ2v) is 5.03. The van der Waals surface area contributed by atoms with Crippen molar-refractivity contribution < 1.29 is 0 Å². The lowest BCUT2D eigenvalue weighted by Gasteiger charge is -2.08. The Hall–Kier alpha value is -1.19. The molecule has 2 heterocycles. The summed E-state index contributed by atoms with van der Waals surface area (Å²) in [6.07, 6.45) is 5.62. The topological polar surface area (TPSA) is 38.9 Å². The van der Waals surface area contributed by atoms with Crippen molar-refractivity contribution in [1.29, 1.82) is 0 Å². The van der Waals surface area contributed by atoms with Crippen molar-refractivity contribution in [2.45, 2.75) is 25.8 Å². The van der Waals surface area contributed by atoms with Crippen LogP contribution in [-0.4, -0.2) is 4.98 Å². The fourth-order valence-electron chi connectivity index (χ4n) is 1.66. The molecule has 2 rings (SSSR count). The molecule has 0 fully saturated rings. The van der Waals surface area contributed by atoms with Gasteiger partial charge < -0.3 is 5.73 Å². The molecule has 1 atom stereocenters. The Bertz CT molecular complexity index is 436. The standard InChI is InChI=1S/C13H16N2S/c1-2-11-5-6-13(16-11)12(14)8-10-4-3-7-15-9-10/h3-7,9,12H,2,8,14H2,1H3. The van der Waals surface area contributed by atoms with Crippen LogP contribution in [0.25, 0.3) is 0 Å². The second-order valence-electron chi connectivity index (χ2n) is 3.83. The maximum absolute atomic E-state index is 6.18. The molecule has 0 aromatic carbocycles. The van der Waals surface area contributed by atoms with E-state index in [1.165, 1.54) is 15.3 Å². The van der Waals surface area contributed by atoms with Gasteiger partial charge in [0.15, 0.2) is 0 Å². The van der Waals surface area contributed by atoms with Crippen LogP contribution in [0.1, 0.15) is 28.3 Å². The van der Waals surface area contributed by atoms with Crippen LogP contribution in [0, 0.1) is 0 Å². The highest BCUT2D eigenvalue weighted by Crippen LogP contribution is 2.24. The highest BCUT2D eigenvalue weighted by Gasteiger charge is 2.09. The summed E-state index contributed by atoms with van der Waals surface area (Å²) in [6.45, 7) is 2.17. The maximum atomic E-state index is 6.18. The van der Waals surface area contributed by atoms with E-state index in [-0.39, 0.29) is 6.04 Å². The molecule has 0 amide bonds. The van der Waals surface area contributed by atoms with E-state index < -0.39 is 0 Å². The predicted octanol–water partition coefficient (Wildman–Crippen LogP) is 2.95. The number of thiophene rings is 1. The third-order valence-corrected chi connectivity index (χ3v) is 3.94. The lowest BCUT2D eigenvalue weighted by atomic mass is 10.1. The van der Waals surface area contributed by atoms with Gasteiger partial charge in [0.2, 0.25) is 0 Å². The van der Waals surface area contributed by atoms with Crippen LogP contribution in [0.3, 0.4) is 0 Å². The van der Waals surface area contributed by atoms with Gasteiger partial charge in [-0.05, 0) is 36.6 Å². The van der Waals surface area contributed by atoms with Gasteiger partial charge in [-0.15, -0.1) is 11.3 Å². The molecule has 0 saturated carbocycles. The number of nitrogens with zero attached hydrogens (tertiary/aromatic N) is 1. The molecule has 0 radical (unpaired) electrons. The summed E-state index contributed by atoms with van der Waals surface area (Å²) in [5.41, 5.74) is 7.37. The van der Waals surface area contributed by atoms with Gasteiger partial charge in [0.05, 0.1) is 0 Å². The van der Waals surface area contributed by atoms with E-state index in [9.17, 15) is 0 Å². The smallest absolute Gasteiger partial charge is 0.0431 e. The molecule has 84 valence electrons. The van der Waals surface area contributed by atoms with E-state index in [4.69, 9.17) is 5.73 Å². The van der Waals surface area contributed by atoms with Crippen LogP contribution in [0.5, 0.6) is 0 Å². The number of pyridine rings is 1. The minimum Gasteiger partial charge on any atom is -0.323 e. The van der Waals surface area contributed by atoms with E-state index in [1.54, 1.807) is 6.20 Å². The van der Waals surface area contributed by atoms with Crippen LogP contribution in [-0.2, 0) is 12.8 Å². The number of nitrogens with two attached hydrogens (primary N) is 1. The molecule has 3 heteroatoms. The molecule has 0 saturated heterocycles. The Balaban J connectivity index is 2.05. The van der Waals surface area contributed by atoms with Crippen LogP contribution in [0.4, 0.5) is 0 Å². The van der Waals surface area contributed by atoms with E-state index in [0.29, 0.717) is 0 Å². The summed E-state index contributed by atoms with van der Waals surface area (Å²) in [5, 5.41) is 0. The van der Waals surface area contributed by atoms with Crippen LogP contribution in [0.15, 0.2) is 36.7 Å². The van der Waals surface area contributed by atoms with Crippen molar-refractivity contribution in [1.82, 2.24) is 4.98 Å². The molecule has 0 aliphatic rings. The molecule has 0 spiro atoms. The molecule has 0 bridgehead atoms. The quantitative estimate of drug-likeness (QED) is 0.880. The van der Waals surface area contributed by atoms with Gasteiger partial charge in [0.25, 0.3) is 0 Å².